The quantitative estimate of drug-likeness (QED) is 0.621. The highest BCUT2D eigenvalue weighted by Gasteiger charge is 2.42. The minimum Gasteiger partial charge on any atom is -0.459 e. The predicted molar refractivity (Wildman–Crippen MR) is 106 cm³/mol. The standard InChI is InChI=1S/C21H38N2O4/c1-8-10-16(14(3)22-15(4)24)12-23-13-17(19(25)9-2)11-18(23)20(26)27-21(5,6)7/h14,16-18H,8-13H2,1-7H3,(H,22,24)/t14?,16-,17?,18?/m0/s1. The van der Waals surface area contributed by atoms with E-state index in [1.165, 1.54) is 6.92 Å². The van der Waals surface area contributed by atoms with E-state index in [9.17, 15) is 14.4 Å². The van der Waals surface area contributed by atoms with Crippen molar-refractivity contribution in [3.63, 3.8) is 0 Å². The Morgan fingerprint density at radius 2 is 1.85 bits per heavy atom. The Labute approximate surface area is 164 Å². The molecule has 3 unspecified atom stereocenters. The number of hydrogen-bond donors (Lipinski definition) is 1. The first-order valence-corrected chi connectivity index (χ1v) is 10.2. The van der Waals surface area contributed by atoms with E-state index in [0.29, 0.717) is 25.9 Å². The molecule has 1 N–H and O–H groups in total. The van der Waals surface area contributed by atoms with Crippen molar-refractivity contribution in [1.29, 1.82) is 0 Å². The van der Waals surface area contributed by atoms with Crippen molar-refractivity contribution < 1.29 is 19.1 Å². The van der Waals surface area contributed by atoms with Crippen molar-refractivity contribution >= 4 is 17.7 Å². The zero-order valence-electron chi connectivity index (χ0n) is 18.1. The third-order valence-corrected chi connectivity index (χ3v) is 5.15. The Balaban J connectivity index is 2.96. The number of likely N-dealkylation sites (tertiary alicyclic amines) is 1. The number of carbonyl (C=O) groups is 3. The summed E-state index contributed by atoms with van der Waals surface area (Å²) in [5.74, 6) is 0.00211. The van der Waals surface area contributed by atoms with E-state index in [0.717, 1.165) is 12.8 Å². The first kappa shape index (κ1) is 23.6. The number of rotatable bonds is 9. The number of amides is 1. The minimum absolute atomic E-state index is 0.0164. The van der Waals surface area contributed by atoms with Gasteiger partial charge in [0, 0.05) is 38.4 Å². The largest absolute Gasteiger partial charge is 0.459 e. The fourth-order valence-corrected chi connectivity index (χ4v) is 3.85. The highest BCUT2D eigenvalue weighted by Crippen LogP contribution is 2.29. The molecule has 0 bridgehead atoms. The molecule has 0 aromatic heterocycles. The molecular weight excluding hydrogens is 344 g/mol. The van der Waals surface area contributed by atoms with Crippen molar-refractivity contribution in [3.8, 4) is 0 Å². The molecule has 0 aromatic carbocycles. The molecule has 156 valence electrons. The average molecular weight is 383 g/mol. The van der Waals surface area contributed by atoms with Gasteiger partial charge in [0.2, 0.25) is 5.91 Å². The summed E-state index contributed by atoms with van der Waals surface area (Å²) < 4.78 is 5.62. The molecule has 0 spiro atoms. The van der Waals surface area contributed by atoms with Crippen molar-refractivity contribution in [2.45, 2.75) is 91.8 Å². The van der Waals surface area contributed by atoms with E-state index < -0.39 is 11.6 Å². The fraction of sp³-hybridized carbons (Fsp3) is 0.857. The highest BCUT2D eigenvalue weighted by atomic mass is 16.6. The van der Waals surface area contributed by atoms with Gasteiger partial charge in [-0.05, 0) is 46.5 Å². The zero-order chi connectivity index (χ0) is 20.8. The van der Waals surface area contributed by atoms with Crippen LogP contribution in [0.1, 0.15) is 74.1 Å². The van der Waals surface area contributed by atoms with Crippen LogP contribution in [0, 0.1) is 11.8 Å². The third-order valence-electron chi connectivity index (χ3n) is 5.15. The second-order valence-electron chi connectivity index (χ2n) is 8.79. The molecule has 1 aliphatic heterocycles. The van der Waals surface area contributed by atoms with Gasteiger partial charge in [-0.1, -0.05) is 20.3 Å². The summed E-state index contributed by atoms with van der Waals surface area (Å²) in [6.45, 7) is 14.4. The van der Waals surface area contributed by atoms with Crippen LogP contribution in [0.5, 0.6) is 0 Å². The second-order valence-corrected chi connectivity index (χ2v) is 8.79. The van der Waals surface area contributed by atoms with Gasteiger partial charge in [-0.3, -0.25) is 19.3 Å². The number of carbonyl (C=O) groups excluding carboxylic acids is 3. The smallest absolute Gasteiger partial charge is 0.323 e. The third kappa shape index (κ3) is 7.60. The van der Waals surface area contributed by atoms with Gasteiger partial charge >= 0.3 is 5.97 Å². The number of nitrogens with zero attached hydrogens (tertiary/aromatic N) is 1. The van der Waals surface area contributed by atoms with Gasteiger partial charge in [-0.15, -0.1) is 0 Å². The van der Waals surface area contributed by atoms with Gasteiger partial charge in [-0.2, -0.15) is 0 Å². The fourth-order valence-electron chi connectivity index (χ4n) is 3.85. The van der Waals surface area contributed by atoms with Crippen molar-refractivity contribution in [1.82, 2.24) is 10.2 Å². The Kier molecular flexibility index (Phi) is 8.92. The van der Waals surface area contributed by atoms with Crippen LogP contribution in [-0.2, 0) is 19.1 Å². The lowest BCUT2D eigenvalue weighted by Gasteiger charge is -2.32. The Bertz CT molecular complexity index is 527. The van der Waals surface area contributed by atoms with E-state index in [-0.39, 0.29) is 35.5 Å². The molecule has 4 atom stereocenters. The number of ketones is 1. The van der Waals surface area contributed by atoms with Crippen LogP contribution in [0.4, 0.5) is 0 Å². The number of hydrogen-bond acceptors (Lipinski definition) is 5. The molecule has 0 saturated carbocycles. The minimum atomic E-state index is -0.554. The molecule has 0 radical (unpaired) electrons. The summed E-state index contributed by atoms with van der Waals surface area (Å²) >= 11 is 0. The lowest BCUT2D eigenvalue weighted by Crippen LogP contribution is -2.47. The van der Waals surface area contributed by atoms with Crippen LogP contribution >= 0.6 is 0 Å². The molecule has 1 rings (SSSR count). The van der Waals surface area contributed by atoms with E-state index >= 15 is 0 Å². The molecular formula is C21H38N2O4. The SMILES string of the molecule is CCC[C@@H](CN1CC(C(=O)CC)CC1C(=O)OC(C)(C)C)C(C)NC(C)=O. The summed E-state index contributed by atoms with van der Waals surface area (Å²) in [6, 6.07) is -0.378. The first-order chi connectivity index (χ1) is 12.5. The lowest BCUT2D eigenvalue weighted by atomic mass is 9.95. The van der Waals surface area contributed by atoms with Gasteiger partial charge in [0.15, 0.2) is 0 Å². The molecule has 6 heteroatoms. The number of ether oxygens (including phenoxy) is 1. The van der Waals surface area contributed by atoms with E-state index in [4.69, 9.17) is 4.74 Å². The number of Topliss-reactive ketones (excluding diaryl/α,β-unsaturated/α-hetero) is 1. The Hall–Kier alpha value is -1.43. The summed E-state index contributed by atoms with van der Waals surface area (Å²) in [5, 5.41) is 2.98. The number of esters is 1. The lowest BCUT2D eigenvalue weighted by molar-refractivity contribution is -0.160. The first-order valence-electron chi connectivity index (χ1n) is 10.2. The summed E-state index contributed by atoms with van der Waals surface area (Å²) in [7, 11) is 0. The number of nitrogens with one attached hydrogen (secondary N) is 1. The van der Waals surface area contributed by atoms with Crippen LogP contribution in [0.3, 0.4) is 0 Å². The van der Waals surface area contributed by atoms with E-state index in [1.54, 1.807) is 0 Å². The Morgan fingerprint density at radius 3 is 2.33 bits per heavy atom. The van der Waals surface area contributed by atoms with Crippen LogP contribution < -0.4 is 5.32 Å². The molecule has 1 fully saturated rings. The molecule has 0 aromatic rings. The Morgan fingerprint density at radius 1 is 1.22 bits per heavy atom. The maximum atomic E-state index is 12.8. The van der Waals surface area contributed by atoms with Crippen LogP contribution in [0.2, 0.25) is 0 Å². The molecule has 6 nitrogen and oxygen atoms in total. The summed E-state index contributed by atoms with van der Waals surface area (Å²) in [6.07, 6.45) is 2.96. The van der Waals surface area contributed by atoms with Crippen LogP contribution in [0.15, 0.2) is 0 Å². The van der Waals surface area contributed by atoms with E-state index in [2.05, 4.69) is 17.1 Å². The van der Waals surface area contributed by atoms with Gasteiger partial charge in [0.25, 0.3) is 0 Å². The van der Waals surface area contributed by atoms with Crippen molar-refractivity contribution in [2.75, 3.05) is 13.1 Å². The van der Waals surface area contributed by atoms with Crippen molar-refractivity contribution in [3.05, 3.63) is 0 Å². The maximum Gasteiger partial charge on any atom is 0.323 e. The van der Waals surface area contributed by atoms with Gasteiger partial charge in [0.05, 0.1) is 0 Å². The normalized spacial score (nSPS) is 22.9. The van der Waals surface area contributed by atoms with Gasteiger partial charge in [-0.25, -0.2) is 0 Å². The summed E-state index contributed by atoms with van der Waals surface area (Å²) in [5.41, 5.74) is -0.554. The molecule has 27 heavy (non-hydrogen) atoms. The monoisotopic (exact) mass is 382 g/mol. The zero-order valence-corrected chi connectivity index (χ0v) is 18.1. The predicted octanol–water partition coefficient (Wildman–Crippen LogP) is 2.94. The topological polar surface area (TPSA) is 75.7 Å². The van der Waals surface area contributed by atoms with Crippen LogP contribution in [0.25, 0.3) is 0 Å². The molecule has 1 heterocycles. The summed E-state index contributed by atoms with van der Waals surface area (Å²) in [4.78, 5) is 38.6. The molecule has 0 aliphatic carbocycles. The van der Waals surface area contributed by atoms with Gasteiger partial charge < -0.3 is 10.1 Å². The average Bonchev–Trinajstić information content (AvgIpc) is 2.95. The highest BCUT2D eigenvalue weighted by molar-refractivity contribution is 5.84. The van der Waals surface area contributed by atoms with Gasteiger partial charge in [0.1, 0.15) is 17.4 Å². The molecule has 1 saturated heterocycles. The van der Waals surface area contributed by atoms with Crippen LogP contribution in [-0.4, -0.2) is 53.3 Å². The molecule has 1 amide bonds. The van der Waals surface area contributed by atoms with E-state index in [1.807, 2.05) is 34.6 Å². The maximum absolute atomic E-state index is 12.8. The second kappa shape index (κ2) is 10.2. The van der Waals surface area contributed by atoms with Crippen molar-refractivity contribution in [2.24, 2.45) is 11.8 Å². The molecule has 1 aliphatic rings.